The molecule has 0 aliphatic rings. The predicted octanol–water partition coefficient (Wildman–Crippen LogP) is 1.05. The van der Waals surface area contributed by atoms with E-state index in [2.05, 4.69) is 4.98 Å². The molecule has 0 fully saturated rings. The zero-order valence-electron chi connectivity index (χ0n) is 5.78. The molecule has 1 heterocycles. The molecule has 1 rings (SSSR count). The molecule has 1 aromatic heterocycles. The number of hydrogen-bond acceptors (Lipinski definition) is 3. The largest absolute Gasteiger partial charge is 0.332 e. The van der Waals surface area contributed by atoms with Crippen molar-refractivity contribution in [2.24, 2.45) is 0 Å². The molecule has 0 amide bonds. The normalized spacial score (nSPS) is 11.5. The first-order valence-corrected chi connectivity index (χ1v) is 4.26. The monoisotopic (exact) mass is 175 g/mol. The van der Waals surface area contributed by atoms with Crippen molar-refractivity contribution in [3.8, 4) is 0 Å². The second kappa shape index (κ2) is 2.58. The zero-order chi connectivity index (χ0) is 8.48. The Morgan fingerprint density at radius 3 is 2.55 bits per heavy atom. The zero-order valence-corrected chi connectivity index (χ0v) is 6.60. The summed E-state index contributed by atoms with van der Waals surface area (Å²) in [5.74, 6) is 0. The molecule has 0 bridgehead atoms. The van der Waals surface area contributed by atoms with Crippen LogP contribution < -0.4 is 0 Å². The SMILES string of the molecule is Cc1cc(S(=O)(=O)F)ccn1. The summed E-state index contributed by atoms with van der Waals surface area (Å²) >= 11 is 0. The summed E-state index contributed by atoms with van der Waals surface area (Å²) in [4.78, 5) is 3.38. The Kier molecular flexibility index (Phi) is 1.90. The molecule has 0 radical (unpaired) electrons. The van der Waals surface area contributed by atoms with Crippen molar-refractivity contribution in [1.82, 2.24) is 4.98 Å². The molecule has 1 aromatic rings. The molecule has 0 spiro atoms. The third-order valence-electron chi connectivity index (χ3n) is 1.15. The van der Waals surface area contributed by atoms with Gasteiger partial charge in [-0.3, -0.25) is 4.98 Å². The fraction of sp³-hybridized carbons (Fsp3) is 0.167. The summed E-state index contributed by atoms with van der Waals surface area (Å²) in [6.07, 6.45) is 1.25. The molecule has 0 aliphatic heterocycles. The Morgan fingerprint density at radius 2 is 2.18 bits per heavy atom. The van der Waals surface area contributed by atoms with Crippen LogP contribution in [-0.4, -0.2) is 13.4 Å². The van der Waals surface area contributed by atoms with Gasteiger partial charge in [-0.25, -0.2) is 0 Å². The highest BCUT2D eigenvalue weighted by Gasteiger charge is 2.10. The van der Waals surface area contributed by atoms with Crippen LogP contribution >= 0.6 is 0 Å². The lowest BCUT2D eigenvalue weighted by atomic mass is 10.4. The van der Waals surface area contributed by atoms with E-state index < -0.39 is 10.2 Å². The molecule has 0 aromatic carbocycles. The fourth-order valence-electron chi connectivity index (χ4n) is 0.671. The number of hydrogen-bond donors (Lipinski definition) is 0. The van der Waals surface area contributed by atoms with E-state index in [0.717, 1.165) is 6.07 Å². The summed E-state index contributed by atoms with van der Waals surface area (Å²) in [6.45, 7) is 1.59. The van der Waals surface area contributed by atoms with Crippen LogP contribution in [-0.2, 0) is 10.2 Å². The summed E-state index contributed by atoms with van der Waals surface area (Å²) in [6, 6.07) is 2.29. The molecule has 0 aliphatic carbocycles. The smallest absolute Gasteiger partial charge is 0.262 e. The number of aryl methyl sites for hydroxylation is 1. The maximum Gasteiger partial charge on any atom is 0.332 e. The van der Waals surface area contributed by atoms with Crippen molar-refractivity contribution >= 4 is 10.2 Å². The van der Waals surface area contributed by atoms with E-state index in [0.29, 0.717) is 5.69 Å². The molecular formula is C6H6FNO2S. The van der Waals surface area contributed by atoms with Gasteiger partial charge in [0, 0.05) is 11.9 Å². The predicted molar refractivity (Wildman–Crippen MR) is 37.3 cm³/mol. The molecule has 0 unspecified atom stereocenters. The third-order valence-corrected chi connectivity index (χ3v) is 1.97. The minimum atomic E-state index is -4.57. The van der Waals surface area contributed by atoms with E-state index in [-0.39, 0.29) is 4.90 Å². The Balaban J connectivity index is 3.28. The lowest BCUT2D eigenvalue weighted by Crippen LogP contribution is -1.92. The molecule has 0 saturated carbocycles. The molecule has 60 valence electrons. The van der Waals surface area contributed by atoms with Crippen LogP contribution in [0.25, 0.3) is 0 Å². The van der Waals surface area contributed by atoms with Crippen molar-refractivity contribution in [2.45, 2.75) is 11.8 Å². The van der Waals surface area contributed by atoms with Gasteiger partial charge < -0.3 is 0 Å². The van der Waals surface area contributed by atoms with Crippen LogP contribution in [0.15, 0.2) is 23.2 Å². The Labute approximate surface area is 64.1 Å². The van der Waals surface area contributed by atoms with Crippen LogP contribution in [0.5, 0.6) is 0 Å². The number of pyridine rings is 1. The summed E-state index contributed by atoms with van der Waals surface area (Å²) in [7, 11) is -4.57. The quantitative estimate of drug-likeness (QED) is 0.599. The van der Waals surface area contributed by atoms with Crippen molar-refractivity contribution in [3.05, 3.63) is 24.0 Å². The van der Waals surface area contributed by atoms with E-state index in [9.17, 15) is 12.3 Å². The maximum absolute atomic E-state index is 12.2. The highest BCUT2D eigenvalue weighted by molar-refractivity contribution is 7.86. The van der Waals surface area contributed by atoms with E-state index in [1.54, 1.807) is 6.92 Å². The number of aromatic nitrogens is 1. The van der Waals surface area contributed by atoms with Gasteiger partial charge in [-0.2, -0.15) is 8.42 Å². The van der Waals surface area contributed by atoms with Gasteiger partial charge in [0.1, 0.15) is 4.90 Å². The first kappa shape index (κ1) is 8.13. The maximum atomic E-state index is 12.2. The van der Waals surface area contributed by atoms with E-state index in [1.165, 1.54) is 12.3 Å². The van der Waals surface area contributed by atoms with Gasteiger partial charge in [0.2, 0.25) is 0 Å². The average Bonchev–Trinajstić information content (AvgIpc) is 1.86. The van der Waals surface area contributed by atoms with Crippen LogP contribution in [0.3, 0.4) is 0 Å². The standard InChI is InChI=1S/C6H6FNO2S/c1-5-4-6(2-3-8-5)11(7,9)10/h2-4H,1H3. The fourth-order valence-corrected chi connectivity index (χ4v) is 1.21. The van der Waals surface area contributed by atoms with Crippen LogP contribution in [0.2, 0.25) is 0 Å². The lowest BCUT2D eigenvalue weighted by molar-refractivity contribution is 0.552. The van der Waals surface area contributed by atoms with Crippen LogP contribution in [0.1, 0.15) is 5.69 Å². The third kappa shape index (κ3) is 1.98. The first-order valence-electron chi connectivity index (χ1n) is 2.87. The second-order valence-electron chi connectivity index (χ2n) is 2.07. The van der Waals surface area contributed by atoms with Crippen LogP contribution in [0.4, 0.5) is 3.89 Å². The Morgan fingerprint density at radius 1 is 1.55 bits per heavy atom. The number of nitrogens with zero attached hydrogens (tertiary/aromatic N) is 1. The van der Waals surface area contributed by atoms with Crippen molar-refractivity contribution in [3.63, 3.8) is 0 Å². The van der Waals surface area contributed by atoms with Gasteiger partial charge in [0.05, 0.1) is 0 Å². The van der Waals surface area contributed by atoms with Gasteiger partial charge in [0.15, 0.2) is 0 Å². The lowest BCUT2D eigenvalue weighted by Gasteiger charge is -1.93. The minimum Gasteiger partial charge on any atom is -0.262 e. The van der Waals surface area contributed by atoms with Crippen molar-refractivity contribution in [1.29, 1.82) is 0 Å². The molecule has 0 N–H and O–H groups in total. The Hall–Kier alpha value is -0.970. The molecule has 3 nitrogen and oxygen atoms in total. The summed E-state index contributed by atoms with van der Waals surface area (Å²) in [5.41, 5.74) is 0.476. The van der Waals surface area contributed by atoms with Gasteiger partial charge in [-0.05, 0) is 19.1 Å². The molecule has 11 heavy (non-hydrogen) atoms. The highest BCUT2D eigenvalue weighted by atomic mass is 32.3. The molecular weight excluding hydrogens is 169 g/mol. The first-order chi connectivity index (χ1) is 5.00. The van der Waals surface area contributed by atoms with E-state index >= 15 is 0 Å². The second-order valence-corrected chi connectivity index (χ2v) is 3.42. The van der Waals surface area contributed by atoms with Gasteiger partial charge in [-0.15, -0.1) is 3.89 Å². The molecule has 5 heteroatoms. The average molecular weight is 175 g/mol. The Bertz CT molecular complexity index is 361. The van der Waals surface area contributed by atoms with E-state index in [4.69, 9.17) is 0 Å². The number of halogens is 1. The van der Waals surface area contributed by atoms with Gasteiger partial charge >= 0.3 is 10.2 Å². The van der Waals surface area contributed by atoms with Gasteiger partial charge in [0.25, 0.3) is 0 Å². The van der Waals surface area contributed by atoms with Crippen molar-refractivity contribution in [2.75, 3.05) is 0 Å². The van der Waals surface area contributed by atoms with Gasteiger partial charge in [-0.1, -0.05) is 0 Å². The summed E-state index contributed by atoms with van der Waals surface area (Å²) < 4.78 is 32.8. The van der Waals surface area contributed by atoms with Crippen LogP contribution in [0, 0.1) is 6.92 Å². The summed E-state index contributed by atoms with van der Waals surface area (Å²) in [5, 5.41) is 0. The number of rotatable bonds is 1. The van der Waals surface area contributed by atoms with E-state index in [1.807, 2.05) is 0 Å². The molecule has 0 atom stereocenters. The minimum absolute atomic E-state index is 0.343. The highest BCUT2D eigenvalue weighted by Crippen LogP contribution is 2.10. The van der Waals surface area contributed by atoms with Crippen molar-refractivity contribution < 1.29 is 12.3 Å². The molecule has 0 saturated heterocycles. The topological polar surface area (TPSA) is 47.0 Å².